The summed E-state index contributed by atoms with van der Waals surface area (Å²) >= 11 is 6.38. The van der Waals surface area contributed by atoms with Crippen LogP contribution in [0.5, 0.6) is 5.75 Å². The van der Waals surface area contributed by atoms with Gasteiger partial charge in [0.05, 0.1) is 14.6 Å². The molecule has 1 aliphatic heterocycles. The van der Waals surface area contributed by atoms with Gasteiger partial charge in [0.25, 0.3) is 11.8 Å². The Kier molecular flexibility index (Phi) is 4.73. The minimum Gasteiger partial charge on any atom is -0.506 e. The van der Waals surface area contributed by atoms with Crippen molar-refractivity contribution in [1.82, 2.24) is 5.32 Å². The predicted molar refractivity (Wildman–Crippen MR) is 99.0 cm³/mol. The third-order valence-corrected chi connectivity index (χ3v) is 4.68. The van der Waals surface area contributed by atoms with Crippen LogP contribution in [0.1, 0.15) is 5.56 Å². The molecule has 3 rings (SSSR count). The number of aromatic hydroxyl groups is 1. The number of hydrogen-bond acceptors (Lipinski definition) is 4. The standard InChI is InChI=1S/C17H10Br2N2O4/c18-12-7-9(8-13(19)14(12)22)6-11-15(23)20-17(25)21(16(11)24)10-4-2-1-3-5-10/h1-8,22H,(H,20,23,25)/b11-6+. The van der Waals surface area contributed by atoms with E-state index >= 15 is 0 Å². The van der Waals surface area contributed by atoms with Crippen molar-refractivity contribution >= 4 is 61.5 Å². The minimum atomic E-state index is -0.800. The maximum Gasteiger partial charge on any atom is 0.335 e. The first-order valence-electron chi connectivity index (χ1n) is 7.03. The zero-order chi connectivity index (χ0) is 18.1. The molecule has 0 atom stereocenters. The number of benzene rings is 2. The number of hydrogen-bond donors (Lipinski definition) is 2. The van der Waals surface area contributed by atoms with Crippen molar-refractivity contribution in [1.29, 1.82) is 0 Å². The van der Waals surface area contributed by atoms with Gasteiger partial charge in [0, 0.05) is 0 Å². The Morgan fingerprint density at radius 3 is 2.20 bits per heavy atom. The Hall–Kier alpha value is -2.45. The normalized spacial score (nSPS) is 16.3. The second kappa shape index (κ2) is 6.81. The first-order chi connectivity index (χ1) is 11.9. The number of urea groups is 1. The quantitative estimate of drug-likeness (QED) is 0.524. The average molecular weight is 466 g/mol. The van der Waals surface area contributed by atoms with Crippen molar-refractivity contribution in [3.8, 4) is 5.75 Å². The lowest BCUT2D eigenvalue weighted by molar-refractivity contribution is -0.122. The molecule has 1 aliphatic rings. The van der Waals surface area contributed by atoms with Crippen LogP contribution >= 0.6 is 31.9 Å². The first kappa shape index (κ1) is 17.4. The molecule has 1 heterocycles. The van der Waals surface area contributed by atoms with E-state index in [4.69, 9.17) is 0 Å². The number of amides is 4. The molecule has 0 aliphatic carbocycles. The molecule has 4 amide bonds. The number of anilines is 1. The highest BCUT2D eigenvalue weighted by atomic mass is 79.9. The highest BCUT2D eigenvalue weighted by Crippen LogP contribution is 2.34. The molecule has 6 nitrogen and oxygen atoms in total. The van der Waals surface area contributed by atoms with E-state index in [1.807, 2.05) is 0 Å². The third-order valence-electron chi connectivity index (χ3n) is 3.47. The molecule has 2 aromatic rings. The van der Waals surface area contributed by atoms with E-state index in [2.05, 4.69) is 37.2 Å². The van der Waals surface area contributed by atoms with Gasteiger partial charge >= 0.3 is 6.03 Å². The maximum atomic E-state index is 12.7. The number of phenols is 1. The number of nitrogens with zero attached hydrogens (tertiary/aromatic N) is 1. The molecule has 8 heteroatoms. The van der Waals surface area contributed by atoms with Gasteiger partial charge in [-0.1, -0.05) is 18.2 Å². The van der Waals surface area contributed by atoms with Crippen LogP contribution in [-0.4, -0.2) is 23.0 Å². The van der Waals surface area contributed by atoms with Gasteiger partial charge in [0.15, 0.2) is 0 Å². The molecule has 25 heavy (non-hydrogen) atoms. The van der Waals surface area contributed by atoms with E-state index in [1.165, 1.54) is 6.08 Å². The molecule has 1 fully saturated rings. The fourth-order valence-electron chi connectivity index (χ4n) is 2.30. The number of carbonyl (C=O) groups is 3. The molecular formula is C17H10Br2N2O4. The van der Waals surface area contributed by atoms with Crippen molar-refractivity contribution in [2.24, 2.45) is 0 Å². The van der Waals surface area contributed by atoms with E-state index < -0.39 is 17.8 Å². The number of nitrogens with one attached hydrogen (secondary N) is 1. The summed E-state index contributed by atoms with van der Waals surface area (Å²) in [5, 5.41) is 11.9. The molecule has 0 spiro atoms. The monoisotopic (exact) mass is 464 g/mol. The van der Waals surface area contributed by atoms with Gasteiger partial charge in [-0.25, -0.2) is 9.69 Å². The summed E-state index contributed by atoms with van der Waals surface area (Å²) in [6.45, 7) is 0. The predicted octanol–water partition coefficient (Wildman–Crippen LogP) is 3.58. The molecule has 0 radical (unpaired) electrons. The number of carbonyl (C=O) groups excluding carboxylic acids is 3. The Balaban J connectivity index is 2.05. The van der Waals surface area contributed by atoms with Gasteiger partial charge in [-0.3, -0.25) is 14.9 Å². The van der Waals surface area contributed by atoms with Gasteiger partial charge in [-0.05, 0) is 67.8 Å². The van der Waals surface area contributed by atoms with Crippen LogP contribution in [-0.2, 0) is 9.59 Å². The summed E-state index contributed by atoms with van der Waals surface area (Å²) in [7, 11) is 0. The zero-order valence-corrected chi connectivity index (χ0v) is 15.7. The van der Waals surface area contributed by atoms with Crippen LogP contribution in [0.2, 0.25) is 0 Å². The van der Waals surface area contributed by atoms with E-state index in [1.54, 1.807) is 42.5 Å². The summed E-state index contributed by atoms with van der Waals surface area (Å²) in [6.07, 6.45) is 1.36. The fourth-order valence-corrected chi connectivity index (χ4v) is 3.53. The molecule has 2 aromatic carbocycles. The van der Waals surface area contributed by atoms with Gasteiger partial charge in [0.2, 0.25) is 0 Å². The Morgan fingerprint density at radius 1 is 1.00 bits per heavy atom. The second-order valence-electron chi connectivity index (χ2n) is 5.13. The number of halogens is 2. The first-order valence-corrected chi connectivity index (χ1v) is 8.61. The number of barbiturate groups is 1. The molecular weight excluding hydrogens is 456 g/mol. The smallest absolute Gasteiger partial charge is 0.335 e. The summed E-state index contributed by atoms with van der Waals surface area (Å²) in [5.41, 5.74) is 0.668. The summed E-state index contributed by atoms with van der Waals surface area (Å²) in [6, 6.07) is 10.6. The van der Waals surface area contributed by atoms with E-state index in [-0.39, 0.29) is 11.3 Å². The lowest BCUT2D eigenvalue weighted by atomic mass is 10.1. The van der Waals surface area contributed by atoms with Gasteiger partial charge in [-0.15, -0.1) is 0 Å². The molecule has 0 unspecified atom stereocenters. The Bertz CT molecular complexity index is 902. The van der Waals surface area contributed by atoms with Crippen LogP contribution in [0, 0.1) is 0 Å². The summed E-state index contributed by atoms with van der Waals surface area (Å²) in [4.78, 5) is 37.8. The van der Waals surface area contributed by atoms with Crippen molar-refractivity contribution in [3.05, 3.63) is 62.5 Å². The van der Waals surface area contributed by atoms with Crippen molar-refractivity contribution in [2.45, 2.75) is 0 Å². The highest BCUT2D eigenvalue weighted by molar-refractivity contribution is 9.11. The van der Waals surface area contributed by atoms with E-state index in [0.717, 1.165) is 4.90 Å². The zero-order valence-electron chi connectivity index (χ0n) is 12.5. The summed E-state index contributed by atoms with van der Waals surface area (Å²) in [5.74, 6) is -1.49. The fraction of sp³-hybridized carbons (Fsp3) is 0. The highest BCUT2D eigenvalue weighted by Gasteiger charge is 2.36. The summed E-state index contributed by atoms with van der Waals surface area (Å²) < 4.78 is 0.793. The molecule has 1 saturated heterocycles. The lowest BCUT2D eigenvalue weighted by Gasteiger charge is -2.26. The van der Waals surface area contributed by atoms with Crippen molar-refractivity contribution < 1.29 is 19.5 Å². The number of para-hydroxylation sites is 1. The van der Waals surface area contributed by atoms with Crippen molar-refractivity contribution in [2.75, 3.05) is 4.90 Å². The lowest BCUT2D eigenvalue weighted by Crippen LogP contribution is -2.54. The van der Waals surface area contributed by atoms with Crippen LogP contribution in [0.25, 0.3) is 6.08 Å². The van der Waals surface area contributed by atoms with E-state index in [0.29, 0.717) is 20.2 Å². The van der Waals surface area contributed by atoms with Crippen LogP contribution < -0.4 is 10.2 Å². The molecule has 126 valence electrons. The number of imide groups is 2. The minimum absolute atomic E-state index is 0.00246. The largest absolute Gasteiger partial charge is 0.506 e. The molecule has 0 saturated carbocycles. The third kappa shape index (κ3) is 3.35. The van der Waals surface area contributed by atoms with Gasteiger partial charge in [-0.2, -0.15) is 0 Å². The van der Waals surface area contributed by atoms with Crippen molar-refractivity contribution in [3.63, 3.8) is 0 Å². The number of phenolic OH excluding ortho intramolecular Hbond substituents is 1. The SMILES string of the molecule is O=C1NC(=O)N(c2ccccc2)C(=O)/C1=C/c1cc(Br)c(O)c(Br)c1. The molecule has 2 N–H and O–H groups in total. The van der Waals surface area contributed by atoms with Gasteiger partial charge in [0.1, 0.15) is 11.3 Å². The van der Waals surface area contributed by atoms with E-state index in [9.17, 15) is 19.5 Å². The van der Waals surface area contributed by atoms with Gasteiger partial charge < -0.3 is 5.11 Å². The molecule has 0 bridgehead atoms. The average Bonchev–Trinajstić information content (AvgIpc) is 2.57. The topological polar surface area (TPSA) is 86.7 Å². The Labute approximate surface area is 159 Å². The van der Waals surface area contributed by atoms with Crippen LogP contribution in [0.3, 0.4) is 0 Å². The van der Waals surface area contributed by atoms with Crippen LogP contribution in [0.15, 0.2) is 57.0 Å². The second-order valence-corrected chi connectivity index (χ2v) is 6.84. The number of rotatable bonds is 2. The Morgan fingerprint density at radius 2 is 1.60 bits per heavy atom. The van der Waals surface area contributed by atoms with Crippen LogP contribution in [0.4, 0.5) is 10.5 Å². The molecule has 0 aromatic heterocycles. The maximum absolute atomic E-state index is 12.7.